The Morgan fingerprint density at radius 3 is 2.62 bits per heavy atom. The van der Waals surface area contributed by atoms with Crippen LogP contribution < -0.4 is 11.2 Å². The lowest BCUT2D eigenvalue weighted by Gasteiger charge is -2.32. The maximum atomic E-state index is 12.5. The molecule has 2 aromatic rings. The van der Waals surface area contributed by atoms with Crippen LogP contribution in [-0.2, 0) is 11.2 Å². The Morgan fingerprint density at radius 2 is 1.88 bits per heavy atom. The third kappa shape index (κ3) is 4.36. The van der Waals surface area contributed by atoms with Crippen LogP contribution in [-0.4, -0.2) is 39.6 Å². The topological polar surface area (TPSA) is 103 Å². The average Bonchev–Trinajstić information content (AvgIpc) is 2.65. The van der Waals surface area contributed by atoms with Gasteiger partial charge in [0.1, 0.15) is 11.5 Å². The number of H-pyrrole nitrogens is 2. The van der Waals surface area contributed by atoms with Crippen molar-refractivity contribution in [2.75, 3.05) is 13.1 Å². The van der Waals surface area contributed by atoms with E-state index >= 15 is 0 Å². The number of ketones is 1. The van der Waals surface area contributed by atoms with Crippen molar-refractivity contribution in [1.82, 2.24) is 14.9 Å². The molecule has 1 aliphatic rings. The van der Waals surface area contributed by atoms with E-state index in [-0.39, 0.29) is 17.4 Å². The Balaban J connectivity index is 1.63. The quantitative estimate of drug-likeness (QED) is 0.839. The Kier molecular flexibility index (Phi) is 5.46. The molecule has 1 fully saturated rings. The molecule has 0 aliphatic carbocycles. The Labute approximate surface area is 150 Å². The van der Waals surface area contributed by atoms with Crippen molar-refractivity contribution < 1.29 is 9.59 Å². The summed E-state index contributed by atoms with van der Waals surface area (Å²) in [5.41, 5.74) is -0.264. The number of rotatable bonds is 5. The van der Waals surface area contributed by atoms with Crippen LogP contribution in [0.25, 0.3) is 0 Å². The van der Waals surface area contributed by atoms with E-state index in [1.54, 1.807) is 4.90 Å². The number of hydrogen-bond donors (Lipinski definition) is 2. The minimum Gasteiger partial charge on any atom is -0.337 e. The fourth-order valence-corrected chi connectivity index (χ4v) is 3.30. The molecule has 0 radical (unpaired) electrons. The zero-order chi connectivity index (χ0) is 18.5. The van der Waals surface area contributed by atoms with Crippen molar-refractivity contribution in [1.29, 1.82) is 0 Å². The average molecular weight is 355 g/mol. The van der Waals surface area contributed by atoms with Gasteiger partial charge in [0, 0.05) is 31.5 Å². The van der Waals surface area contributed by atoms with Crippen LogP contribution in [0.15, 0.2) is 46.0 Å². The molecule has 1 amide bonds. The number of likely N-dealkylation sites (tertiary alicyclic amines) is 1. The number of benzene rings is 1. The smallest absolute Gasteiger partial charge is 0.326 e. The SMILES string of the molecule is O=C(CCc1ccccc1)[C@H]1CCCN(C(=O)c2cc(=O)[nH]c(=O)[nH]2)C1. The monoisotopic (exact) mass is 355 g/mol. The van der Waals surface area contributed by atoms with Crippen LogP contribution in [0.3, 0.4) is 0 Å². The normalized spacial score (nSPS) is 17.1. The lowest BCUT2D eigenvalue weighted by atomic mass is 9.90. The van der Waals surface area contributed by atoms with Crippen LogP contribution in [0.2, 0.25) is 0 Å². The highest BCUT2D eigenvalue weighted by Crippen LogP contribution is 2.20. The summed E-state index contributed by atoms with van der Waals surface area (Å²) in [6.07, 6.45) is 2.61. The predicted molar refractivity (Wildman–Crippen MR) is 96.1 cm³/mol. The maximum absolute atomic E-state index is 12.5. The van der Waals surface area contributed by atoms with Gasteiger partial charge >= 0.3 is 5.69 Å². The molecule has 2 heterocycles. The van der Waals surface area contributed by atoms with Gasteiger partial charge in [-0.05, 0) is 24.8 Å². The second kappa shape index (κ2) is 7.95. The number of hydrogen-bond acceptors (Lipinski definition) is 4. The first-order chi connectivity index (χ1) is 12.5. The van der Waals surface area contributed by atoms with Gasteiger partial charge in [-0.1, -0.05) is 30.3 Å². The third-order valence-electron chi connectivity index (χ3n) is 4.66. The number of amides is 1. The molecule has 0 saturated carbocycles. The lowest BCUT2D eigenvalue weighted by Crippen LogP contribution is -2.43. The van der Waals surface area contributed by atoms with E-state index in [0.717, 1.165) is 24.5 Å². The van der Waals surface area contributed by atoms with Crippen molar-refractivity contribution in [3.8, 4) is 0 Å². The number of aryl methyl sites for hydroxylation is 1. The van der Waals surface area contributed by atoms with Gasteiger partial charge in [-0.3, -0.25) is 19.4 Å². The fourth-order valence-electron chi connectivity index (χ4n) is 3.30. The first kappa shape index (κ1) is 17.8. The van der Waals surface area contributed by atoms with Gasteiger partial charge < -0.3 is 9.88 Å². The van der Waals surface area contributed by atoms with Gasteiger partial charge in [-0.2, -0.15) is 0 Å². The standard InChI is InChI=1S/C19H21N3O4/c23-16(9-8-13-5-2-1-3-6-13)14-7-4-10-22(12-14)18(25)15-11-17(24)21-19(26)20-15/h1-3,5-6,11,14H,4,7-10,12H2,(H2,20,21,24,26)/t14-/m0/s1. The molecule has 2 N–H and O–H groups in total. The summed E-state index contributed by atoms with van der Waals surface area (Å²) in [6, 6.07) is 10.9. The molecular weight excluding hydrogens is 334 g/mol. The Hall–Kier alpha value is -2.96. The van der Waals surface area contributed by atoms with Crippen molar-refractivity contribution in [2.45, 2.75) is 25.7 Å². The summed E-state index contributed by atoms with van der Waals surface area (Å²) in [6.45, 7) is 0.831. The van der Waals surface area contributed by atoms with Crippen LogP contribution in [0.1, 0.15) is 35.3 Å². The van der Waals surface area contributed by atoms with Crippen LogP contribution in [0.5, 0.6) is 0 Å². The molecule has 1 atom stereocenters. The maximum Gasteiger partial charge on any atom is 0.326 e. The summed E-state index contributed by atoms with van der Waals surface area (Å²) in [7, 11) is 0. The zero-order valence-corrected chi connectivity index (χ0v) is 14.4. The van der Waals surface area contributed by atoms with E-state index in [1.165, 1.54) is 0 Å². The van der Waals surface area contributed by atoms with Crippen LogP contribution in [0, 0.1) is 5.92 Å². The molecule has 1 aliphatic heterocycles. The summed E-state index contributed by atoms with van der Waals surface area (Å²) in [4.78, 5) is 53.7. The first-order valence-electron chi connectivity index (χ1n) is 8.72. The van der Waals surface area contributed by atoms with Crippen molar-refractivity contribution in [3.63, 3.8) is 0 Å². The fraction of sp³-hybridized carbons (Fsp3) is 0.368. The van der Waals surface area contributed by atoms with Gasteiger partial charge in [0.2, 0.25) is 0 Å². The molecule has 1 aromatic heterocycles. The first-order valence-corrected chi connectivity index (χ1v) is 8.72. The highest BCUT2D eigenvalue weighted by molar-refractivity contribution is 5.92. The van der Waals surface area contributed by atoms with Crippen molar-refractivity contribution in [3.05, 3.63) is 68.5 Å². The number of carbonyl (C=O) groups is 2. The molecule has 0 bridgehead atoms. The number of Topliss-reactive ketones (excluding diaryl/α,β-unsaturated/α-hetero) is 1. The number of aromatic nitrogens is 2. The Morgan fingerprint density at radius 1 is 1.12 bits per heavy atom. The lowest BCUT2D eigenvalue weighted by molar-refractivity contribution is -0.124. The van der Waals surface area contributed by atoms with Gasteiger partial charge in [-0.15, -0.1) is 0 Å². The number of nitrogens with zero attached hydrogens (tertiary/aromatic N) is 1. The minimum atomic E-state index is -0.714. The summed E-state index contributed by atoms with van der Waals surface area (Å²) >= 11 is 0. The second-order valence-electron chi connectivity index (χ2n) is 6.54. The molecule has 3 rings (SSSR count). The van der Waals surface area contributed by atoms with Gasteiger partial charge in [0.15, 0.2) is 0 Å². The molecule has 0 spiro atoms. The van der Waals surface area contributed by atoms with E-state index in [9.17, 15) is 19.2 Å². The molecule has 1 aromatic carbocycles. The molecule has 7 heteroatoms. The van der Waals surface area contributed by atoms with Crippen molar-refractivity contribution >= 4 is 11.7 Å². The number of nitrogens with one attached hydrogen (secondary N) is 2. The zero-order valence-electron chi connectivity index (χ0n) is 14.4. The molecule has 1 saturated heterocycles. The number of carbonyl (C=O) groups excluding carboxylic acids is 2. The highest BCUT2D eigenvalue weighted by atomic mass is 16.2. The van der Waals surface area contributed by atoms with Crippen molar-refractivity contribution in [2.24, 2.45) is 5.92 Å². The van der Waals surface area contributed by atoms with E-state index in [2.05, 4.69) is 4.98 Å². The molecular formula is C19H21N3O4. The summed E-state index contributed by atoms with van der Waals surface area (Å²) in [5.74, 6) is -0.482. The van der Waals surface area contributed by atoms with Gasteiger partial charge in [0.05, 0.1) is 0 Å². The van der Waals surface area contributed by atoms with E-state index in [0.29, 0.717) is 25.9 Å². The van der Waals surface area contributed by atoms with E-state index in [4.69, 9.17) is 0 Å². The van der Waals surface area contributed by atoms with Gasteiger partial charge in [-0.25, -0.2) is 4.79 Å². The third-order valence-corrected chi connectivity index (χ3v) is 4.66. The van der Waals surface area contributed by atoms with Crippen LogP contribution >= 0.6 is 0 Å². The van der Waals surface area contributed by atoms with Crippen LogP contribution in [0.4, 0.5) is 0 Å². The predicted octanol–water partition coefficient (Wildman–Crippen LogP) is 1.12. The largest absolute Gasteiger partial charge is 0.337 e. The molecule has 136 valence electrons. The summed E-state index contributed by atoms with van der Waals surface area (Å²) < 4.78 is 0. The molecule has 0 unspecified atom stereocenters. The van der Waals surface area contributed by atoms with E-state index in [1.807, 2.05) is 35.3 Å². The molecule has 26 heavy (non-hydrogen) atoms. The second-order valence-corrected chi connectivity index (χ2v) is 6.54. The van der Waals surface area contributed by atoms with E-state index < -0.39 is 17.2 Å². The number of piperidine rings is 1. The highest BCUT2D eigenvalue weighted by Gasteiger charge is 2.29. The molecule has 7 nitrogen and oxygen atoms in total. The summed E-state index contributed by atoms with van der Waals surface area (Å²) in [5, 5.41) is 0. The number of aromatic amines is 2. The minimum absolute atomic E-state index is 0.0452. The Bertz CT molecular complexity index is 872. The van der Waals surface area contributed by atoms with Gasteiger partial charge in [0.25, 0.3) is 11.5 Å².